The van der Waals surface area contributed by atoms with Crippen LogP contribution < -0.4 is 5.48 Å². The quantitative estimate of drug-likeness (QED) is 0.596. The molecule has 0 aliphatic rings. The summed E-state index contributed by atoms with van der Waals surface area (Å²) in [6.07, 6.45) is 3.72. The van der Waals surface area contributed by atoms with Gasteiger partial charge in [0.2, 0.25) is 0 Å². The molecular formula is C8H17NO. The molecule has 0 rings (SSSR count). The number of nitrogens with one attached hydrogen (secondary N) is 1. The van der Waals surface area contributed by atoms with Gasteiger partial charge in [-0.2, -0.15) is 0 Å². The second-order valence-electron chi connectivity index (χ2n) is 2.93. The van der Waals surface area contributed by atoms with E-state index in [0.29, 0.717) is 0 Å². The minimum absolute atomic E-state index is 0.0804. The number of hydroxylamine groups is 1. The molecule has 0 aromatic rings. The van der Waals surface area contributed by atoms with Crippen LogP contribution in [0.25, 0.3) is 0 Å². The van der Waals surface area contributed by atoms with E-state index in [-0.39, 0.29) is 5.60 Å². The van der Waals surface area contributed by atoms with Crippen LogP contribution in [0.1, 0.15) is 33.6 Å². The highest BCUT2D eigenvalue weighted by atomic mass is 16.7. The third-order valence-electron chi connectivity index (χ3n) is 1.27. The highest BCUT2D eigenvalue weighted by Gasteiger charge is 2.16. The van der Waals surface area contributed by atoms with Crippen molar-refractivity contribution in [3.63, 3.8) is 0 Å². The van der Waals surface area contributed by atoms with Crippen molar-refractivity contribution >= 4 is 0 Å². The van der Waals surface area contributed by atoms with E-state index in [0.717, 1.165) is 12.8 Å². The van der Waals surface area contributed by atoms with E-state index in [1.54, 1.807) is 0 Å². The minimum Gasteiger partial charge on any atom is -0.274 e. The van der Waals surface area contributed by atoms with Gasteiger partial charge in [-0.15, -0.1) is 0 Å². The van der Waals surface area contributed by atoms with Gasteiger partial charge in [-0.25, -0.2) is 0 Å². The van der Waals surface area contributed by atoms with Gasteiger partial charge in [-0.3, -0.25) is 10.3 Å². The van der Waals surface area contributed by atoms with E-state index in [2.05, 4.69) is 19.0 Å². The molecule has 0 radical (unpaired) electrons. The maximum atomic E-state index is 5.25. The summed E-state index contributed by atoms with van der Waals surface area (Å²) in [6.45, 7) is 9.72. The molecule has 10 heavy (non-hydrogen) atoms. The Hall–Kier alpha value is -0.500. The second-order valence-corrected chi connectivity index (χ2v) is 2.93. The SMILES string of the molecule is C=CNOC(C)(C)CCC. The molecule has 60 valence electrons. The van der Waals surface area contributed by atoms with Crippen LogP contribution in [0.3, 0.4) is 0 Å². The molecule has 0 spiro atoms. The summed E-state index contributed by atoms with van der Waals surface area (Å²) in [6, 6.07) is 0. The van der Waals surface area contributed by atoms with Crippen LogP contribution in [0.4, 0.5) is 0 Å². The van der Waals surface area contributed by atoms with E-state index in [1.165, 1.54) is 6.20 Å². The Balaban J connectivity index is 3.51. The second kappa shape index (κ2) is 4.34. The molecular weight excluding hydrogens is 126 g/mol. The summed E-state index contributed by atoms with van der Waals surface area (Å²) in [7, 11) is 0. The molecule has 0 aliphatic heterocycles. The van der Waals surface area contributed by atoms with Gasteiger partial charge in [-0.1, -0.05) is 19.9 Å². The molecule has 0 fully saturated rings. The zero-order chi connectivity index (χ0) is 8.04. The van der Waals surface area contributed by atoms with E-state index < -0.39 is 0 Å². The van der Waals surface area contributed by atoms with Gasteiger partial charge in [0, 0.05) is 6.20 Å². The van der Waals surface area contributed by atoms with Gasteiger partial charge in [0.15, 0.2) is 0 Å². The predicted octanol–water partition coefficient (Wildman–Crippen LogP) is 2.23. The largest absolute Gasteiger partial charge is 0.274 e. The smallest absolute Gasteiger partial charge is 0.0903 e. The van der Waals surface area contributed by atoms with Gasteiger partial charge in [0.1, 0.15) is 0 Å². The molecule has 2 heteroatoms. The van der Waals surface area contributed by atoms with Crippen molar-refractivity contribution in [2.75, 3.05) is 0 Å². The maximum Gasteiger partial charge on any atom is 0.0903 e. The first-order valence-corrected chi connectivity index (χ1v) is 3.67. The molecule has 0 unspecified atom stereocenters. The molecule has 0 heterocycles. The Morgan fingerprint density at radius 3 is 2.60 bits per heavy atom. The van der Waals surface area contributed by atoms with E-state index >= 15 is 0 Å². The maximum absolute atomic E-state index is 5.25. The van der Waals surface area contributed by atoms with Gasteiger partial charge >= 0.3 is 0 Å². The topological polar surface area (TPSA) is 21.3 Å². The first-order valence-electron chi connectivity index (χ1n) is 3.67. The fraction of sp³-hybridized carbons (Fsp3) is 0.750. The highest BCUT2D eigenvalue weighted by molar-refractivity contribution is 4.67. The van der Waals surface area contributed by atoms with Crippen LogP contribution in [-0.2, 0) is 4.84 Å². The fourth-order valence-electron chi connectivity index (χ4n) is 0.854. The lowest BCUT2D eigenvalue weighted by atomic mass is 10.0. The summed E-state index contributed by atoms with van der Waals surface area (Å²) in [4.78, 5) is 5.25. The summed E-state index contributed by atoms with van der Waals surface area (Å²) in [5.41, 5.74) is 2.56. The van der Waals surface area contributed by atoms with Crippen LogP contribution >= 0.6 is 0 Å². The molecule has 1 N–H and O–H groups in total. The van der Waals surface area contributed by atoms with Crippen molar-refractivity contribution in [3.8, 4) is 0 Å². The van der Waals surface area contributed by atoms with Crippen LogP contribution in [0.2, 0.25) is 0 Å². The molecule has 0 atom stereocenters. The van der Waals surface area contributed by atoms with Crippen LogP contribution in [0, 0.1) is 0 Å². The molecule has 0 aliphatic carbocycles. The zero-order valence-electron chi connectivity index (χ0n) is 7.11. The van der Waals surface area contributed by atoms with Crippen molar-refractivity contribution in [2.24, 2.45) is 0 Å². The van der Waals surface area contributed by atoms with Crippen LogP contribution in [-0.4, -0.2) is 5.60 Å². The summed E-state index contributed by atoms with van der Waals surface area (Å²) >= 11 is 0. The van der Waals surface area contributed by atoms with E-state index in [9.17, 15) is 0 Å². The Kier molecular flexibility index (Phi) is 4.12. The molecule has 0 saturated heterocycles. The lowest BCUT2D eigenvalue weighted by Gasteiger charge is -2.23. The normalized spacial score (nSPS) is 11.1. The zero-order valence-corrected chi connectivity index (χ0v) is 7.11. The average Bonchev–Trinajstić information content (AvgIpc) is 1.84. The fourth-order valence-corrected chi connectivity index (χ4v) is 0.854. The molecule has 0 aromatic heterocycles. The summed E-state index contributed by atoms with van der Waals surface area (Å²) < 4.78 is 0. The molecule has 0 saturated carbocycles. The predicted molar refractivity (Wildman–Crippen MR) is 43.4 cm³/mol. The monoisotopic (exact) mass is 143 g/mol. The van der Waals surface area contributed by atoms with Crippen molar-refractivity contribution in [2.45, 2.75) is 39.2 Å². The Labute approximate surface area is 63.2 Å². The first-order chi connectivity index (χ1) is 4.62. The van der Waals surface area contributed by atoms with Crippen molar-refractivity contribution < 1.29 is 4.84 Å². The van der Waals surface area contributed by atoms with Crippen LogP contribution in [0.15, 0.2) is 12.8 Å². The molecule has 0 bridgehead atoms. The van der Waals surface area contributed by atoms with Gasteiger partial charge in [-0.05, 0) is 20.3 Å². The lowest BCUT2D eigenvalue weighted by Crippen LogP contribution is -2.29. The average molecular weight is 143 g/mol. The minimum atomic E-state index is -0.0804. The number of hydrogen-bond acceptors (Lipinski definition) is 2. The van der Waals surface area contributed by atoms with Crippen molar-refractivity contribution in [3.05, 3.63) is 12.8 Å². The standard InChI is InChI=1S/C8H17NO/c1-5-7-8(3,4)10-9-6-2/h6,9H,2,5,7H2,1,3-4H3. The molecule has 0 amide bonds. The third-order valence-corrected chi connectivity index (χ3v) is 1.27. The number of rotatable bonds is 5. The molecule has 0 aromatic carbocycles. The Morgan fingerprint density at radius 1 is 1.60 bits per heavy atom. The van der Waals surface area contributed by atoms with Crippen LogP contribution in [0.5, 0.6) is 0 Å². The molecule has 2 nitrogen and oxygen atoms in total. The number of hydrogen-bond donors (Lipinski definition) is 1. The summed E-state index contributed by atoms with van der Waals surface area (Å²) in [5.74, 6) is 0. The first kappa shape index (κ1) is 9.50. The van der Waals surface area contributed by atoms with Gasteiger partial charge in [0.05, 0.1) is 5.60 Å². The van der Waals surface area contributed by atoms with Crippen molar-refractivity contribution in [1.82, 2.24) is 5.48 Å². The van der Waals surface area contributed by atoms with E-state index in [1.807, 2.05) is 13.8 Å². The third kappa shape index (κ3) is 4.39. The van der Waals surface area contributed by atoms with Crippen molar-refractivity contribution in [1.29, 1.82) is 0 Å². The highest BCUT2D eigenvalue weighted by Crippen LogP contribution is 2.14. The van der Waals surface area contributed by atoms with E-state index in [4.69, 9.17) is 4.84 Å². The Bertz CT molecular complexity index is 99.4. The van der Waals surface area contributed by atoms with Gasteiger partial charge in [0.25, 0.3) is 0 Å². The Morgan fingerprint density at radius 2 is 2.20 bits per heavy atom. The lowest BCUT2D eigenvalue weighted by molar-refractivity contribution is -0.0699. The van der Waals surface area contributed by atoms with Gasteiger partial charge < -0.3 is 0 Å². The summed E-state index contributed by atoms with van der Waals surface area (Å²) in [5, 5.41) is 0.